The highest BCUT2D eigenvalue weighted by Gasteiger charge is 2.21. The molecular weight excluding hydrogens is 480 g/mol. The Morgan fingerprint density at radius 3 is 1.76 bits per heavy atom. The maximum absolute atomic E-state index is 15.6. The van der Waals surface area contributed by atoms with Gasteiger partial charge in [-0.15, -0.1) is 22.7 Å². The Labute approximate surface area is 208 Å². The van der Waals surface area contributed by atoms with E-state index in [0.717, 1.165) is 60.7 Å². The van der Waals surface area contributed by atoms with Crippen LogP contribution < -0.4 is 0 Å². The molecule has 0 unspecified atom stereocenters. The fourth-order valence-electron chi connectivity index (χ4n) is 4.56. The highest BCUT2D eigenvalue weighted by molar-refractivity contribution is 7.19. The lowest BCUT2D eigenvalue weighted by atomic mass is 10.0. The SMILES string of the molecule is Fc1cc2c3nsnc3c1-c1ccc(s1)-c1ccc(cc1)CCc1ccc(cc1)-c1ccc-2s1. The normalized spacial score (nSPS) is 12.6. The van der Waals surface area contributed by atoms with Crippen molar-refractivity contribution in [2.24, 2.45) is 0 Å². The molecule has 0 N–H and O–H groups in total. The van der Waals surface area contributed by atoms with Crippen LogP contribution in [0.15, 0.2) is 78.9 Å². The minimum Gasteiger partial charge on any atom is -0.206 e. The van der Waals surface area contributed by atoms with Crippen LogP contribution in [0, 0.1) is 5.82 Å². The van der Waals surface area contributed by atoms with Gasteiger partial charge in [0, 0.05) is 25.1 Å². The van der Waals surface area contributed by atoms with E-state index in [1.807, 2.05) is 6.07 Å². The summed E-state index contributed by atoms with van der Waals surface area (Å²) in [4.78, 5) is 4.16. The average molecular weight is 497 g/mol. The van der Waals surface area contributed by atoms with Gasteiger partial charge < -0.3 is 0 Å². The largest absolute Gasteiger partial charge is 0.206 e. The third-order valence-corrected chi connectivity index (χ3v) is 9.24. The summed E-state index contributed by atoms with van der Waals surface area (Å²) in [7, 11) is 0. The minimum atomic E-state index is -0.257. The maximum atomic E-state index is 15.6. The molecule has 6 aliphatic rings. The van der Waals surface area contributed by atoms with Crippen LogP contribution in [0.2, 0.25) is 0 Å². The van der Waals surface area contributed by atoms with E-state index < -0.39 is 0 Å². The van der Waals surface area contributed by atoms with Crippen molar-refractivity contribution in [2.75, 3.05) is 0 Å². The molecule has 0 fully saturated rings. The van der Waals surface area contributed by atoms with Gasteiger partial charge in [0.25, 0.3) is 0 Å². The van der Waals surface area contributed by atoms with Gasteiger partial charge in [-0.1, -0.05) is 48.5 Å². The first-order valence-electron chi connectivity index (χ1n) is 11.1. The van der Waals surface area contributed by atoms with Gasteiger partial charge in [0.1, 0.15) is 16.9 Å². The zero-order valence-electron chi connectivity index (χ0n) is 17.9. The molecule has 0 saturated heterocycles. The monoisotopic (exact) mass is 496 g/mol. The lowest BCUT2D eigenvalue weighted by molar-refractivity contribution is 0.633. The zero-order chi connectivity index (χ0) is 22.6. The topological polar surface area (TPSA) is 25.8 Å². The van der Waals surface area contributed by atoms with Crippen molar-refractivity contribution in [1.82, 2.24) is 8.75 Å². The zero-order valence-corrected chi connectivity index (χ0v) is 20.4. The fraction of sp³-hybridized carbons (Fsp3) is 0.0714. The van der Waals surface area contributed by atoms with E-state index >= 15 is 4.39 Å². The van der Waals surface area contributed by atoms with E-state index in [1.54, 1.807) is 28.7 Å². The molecule has 10 bridgehead atoms. The molecule has 9 heterocycles. The Bertz CT molecular complexity index is 1660. The Morgan fingerprint density at radius 1 is 0.588 bits per heavy atom. The summed E-state index contributed by atoms with van der Waals surface area (Å²) >= 11 is 4.40. The van der Waals surface area contributed by atoms with Gasteiger partial charge in [0.15, 0.2) is 0 Å². The van der Waals surface area contributed by atoms with E-state index in [0.29, 0.717) is 11.1 Å². The Kier molecular flexibility index (Phi) is 4.72. The summed E-state index contributed by atoms with van der Waals surface area (Å²) in [6.07, 6.45) is 2.02. The molecule has 0 spiro atoms. The van der Waals surface area contributed by atoms with Gasteiger partial charge in [-0.05, 0) is 65.4 Å². The van der Waals surface area contributed by atoms with Crippen molar-refractivity contribution in [3.63, 3.8) is 0 Å². The molecule has 6 aromatic rings. The highest BCUT2D eigenvalue weighted by Crippen LogP contribution is 2.43. The summed E-state index contributed by atoms with van der Waals surface area (Å²) in [6, 6.07) is 27.4. The Morgan fingerprint density at radius 2 is 1.12 bits per heavy atom. The summed E-state index contributed by atoms with van der Waals surface area (Å²) < 4.78 is 24.7. The van der Waals surface area contributed by atoms with Gasteiger partial charge in [0.05, 0.1) is 17.3 Å². The van der Waals surface area contributed by atoms with Gasteiger partial charge in [-0.25, -0.2) is 4.39 Å². The van der Waals surface area contributed by atoms with Crippen LogP contribution in [0.4, 0.5) is 4.39 Å². The van der Waals surface area contributed by atoms with Gasteiger partial charge >= 0.3 is 0 Å². The molecule has 2 nitrogen and oxygen atoms in total. The lowest BCUT2D eigenvalue weighted by Crippen LogP contribution is -1.91. The number of rotatable bonds is 0. The summed E-state index contributed by atoms with van der Waals surface area (Å²) in [5.41, 5.74) is 7.72. The van der Waals surface area contributed by atoms with Crippen molar-refractivity contribution in [3.05, 3.63) is 95.8 Å². The van der Waals surface area contributed by atoms with E-state index in [4.69, 9.17) is 0 Å². The van der Waals surface area contributed by atoms with Crippen LogP contribution in [-0.2, 0) is 12.8 Å². The van der Waals surface area contributed by atoms with Crippen molar-refractivity contribution in [1.29, 1.82) is 0 Å². The first-order valence-corrected chi connectivity index (χ1v) is 13.4. The van der Waals surface area contributed by atoms with E-state index in [1.165, 1.54) is 16.7 Å². The van der Waals surface area contributed by atoms with E-state index in [9.17, 15) is 0 Å². The van der Waals surface area contributed by atoms with Crippen LogP contribution in [-0.4, -0.2) is 8.75 Å². The molecule has 3 aromatic carbocycles. The molecule has 34 heavy (non-hydrogen) atoms. The molecule has 0 atom stereocenters. The molecule has 0 radical (unpaired) electrons. The van der Waals surface area contributed by atoms with Crippen molar-refractivity contribution in [2.45, 2.75) is 12.8 Å². The highest BCUT2D eigenvalue weighted by atomic mass is 32.1. The number of aryl methyl sites for hydroxylation is 2. The van der Waals surface area contributed by atoms with Crippen LogP contribution in [0.5, 0.6) is 0 Å². The predicted molar refractivity (Wildman–Crippen MR) is 142 cm³/mol. The standard InChI is InChI=1S/C28H17FN2S3/c29-21-15-20-24-13-11-22(32-24)18-7-3-16(4-8-18)1-2-17-5-9-19(10-6-17)23-12-14-25(33-23)26(21)28-27(20)30-34-31-28/h3-15H,1-2H2. The van der Waals surface area contributed by atoms with E-state index in [2.05, 4.69) is 75.5 Å². The first-order chi connectivity index (χ1) is 16.7. The first kappa shape index (κ1) is 20.2. The van der Waals surface area contributed by atoms with Crippen molar-refractivity contribution in [3.8, 4) is 41.8 Å². The number of aromatic nitrogens is 2. The molecule has 3 aromatic heterocycles. The summed E-state index contributed by atoms with van der Waals surface area (Å²) in [5.74, 6) is -0.257. The van der Waals surface area contributed by atoms with Crippen LogP contribution in [0.1, 0.15) is 11.1 Å². The van der Waals surface area contributed by atoms with Crippen LogP contribution in [0.3, 0.4) is 0 Å². The Balaban J connectivity index is 1.46. The summed E-state index contributed by atoms with van der Waals surface area (Å²) in [5, 5.41) is 0. The smallest absolute Gasteiger partial charge is 0.134 e. The molecule has 6 aliphatic heterocycles. The number of hydrogen-bond donors (Lipinski definition) is 0. The average Bonchev–Trinajstić information content (AvgIpc) is 3.64. The van der Waals surface area contributed by atoms with Crippen molar-refractivity contribution >= 4 is 45.4 Å². The Hall–Kier alpha value is -3.19. The molecular formula is C28H17FN2S3. The predicted octanol–water partition coefficient (Wildman–Crippen LogP) is 8.72. The van der Waals surface area contributed by atoms with Gasteiger partial charge in [-0.2, -0.15) is 8.75 Å². The molecule has 0 amide bonds. The molecule has 12 rings (SSSR count). The third kappa shape index (κ3) is 3.33. The maximum Gasteiger partial charge on any atom is 0.134 e. The molecule has 6 heteroatoms. The number of thiophene rings is 2. The van der Waals surface area contributed by atoms with Crippen LogP contribution in [0.25, 0.3) is 52.8 Å². The molecule has 164 valence electrons. The minimum absolute atomic E-state index is 0.257. The molecule has 0 aliphatic carbocycles. The van der Waals surface area contributed by atoms with Gasteiger partial charge in [-0.3, -0.25) is 0 Å². The van der Waals surface area contributed by atoms with Gasteiger partial charge in [0.2, 0.25) is 0 Å². The fourth-order valence-corrected chi connectivity index (χ4v) is 7.21. The number of halogens is 1. The second-order valence-electron chi connectivity index (χ2n) is 8.46. The van der Waals surface area contributed by atoms with Crippen molar-refractivity contribution < 1.29 is 4.39 Å². The van der Waals surface area contributed by atoms with Crippen LogP contribution >= 0.6 is 34.4 Å². The second-order valence-corrected chi connectivity index (χ2v) is 11.2. The number of hydrogen-bond acceptors (Lipinski definition) is 5. The quantitative estimate of drug-likeness (QED) is 0.210. The second kappa shape index (κ2) is 7.94. The lowest BCUT2D eigenvalue weighted by Gasteiger charge is -2.07. The third-order valence-electron chi connectivity index (χ3n) is 6.39. The number of nitrogens with zero attached hydrogens (tertiary/aromatic N) is 2. The van der Waals surface area contributed by atoms with E-state index in [-0.39, 0.29) is 5.82 Å². The molecule has 0 saturated carbocycles. The number of benzene rings is 3. The summed E-state index contributed by atoms with van der Waals surface area (Å²) in [6.45, 7) is 0.